The number of carboxylic acids is 1. The van der Waals surface area contributed by atoms with Crippen molar-refractivity contribution in [3.05, 3.63) is 10.6 Å². The average molecular weight is 257 g/mol. The summed E-state index contributed by atoms with van der Waals surface area (Å²) in [5.74, 6) is -1.55. The fraction of sp³-hybridized carbons (Fsp3) is 0.556. The molecule has 2 heterocycles. The van der Waals surface area contributed by atoms with E-state index in [0.29, 0.717) is 17.2 Å². The van der Waals surface area contributed by atoms with Crippen LogP contribution in [0.25, 0.3) is 0 Å². The van der Waals surface area contributed by atoms with Gasteiger partial charge >= 0.3 is 5.97 Å². The summed E-state index contributed by atoms with van der Waals surface area (Å²) in [6, 6.07) is 0. The van der Waals surface area contributed by atoms with Gasteiger partial charge in [-0.05, 0) is 18.5 Å². The molecule has 1 saturated heterocycles. The fourth-order valence-corrected chi connectivity index (χ4v) is 2.15. The number of ether oxygens (including phenoxy) is 1. The van der Waals surface area contributed by atoms with Crippen LogP contribution < -0.4 is 5.32 Å². The molecule has 2 N–H and O–H groups in total. The molecule has 1 fully saturated rings. The van der Waals surface area contributed by atoms with Crippen molar-refractivity contribution >= 4 is 23.4 Å². The number of carbonyl (C=O) groups is 2. The Labute approximate surface area is 101 Å². The van der Waals surface area contributed by atoms with Gasteiger partial charge in [0.2, 0.25) is 0 Å². The van der Waals surface area contributed by atoms with E-state index in [1.54, 1.807) is 6.92 Å². The van der Waals surface area contributed by atoms with Crippen molar-refractivity contribution in [3.8, 4) is 0 Å². The molecule has 0 saturated carbocycles. The van der Waals surface area contributed by atoms with Crippen molar-refractivity contribution in [1.82, 2.24) is 14.9 Å². The van der Waals surface area contributed by atoms with Crippen LogP contribution in [0.3, 0.4) is 0 Å². The molecule has 0 radical (unpaired) electrons. The van der Waals surface area contributed by atoms with Crippen LogP contribution in [0.1, 0.15) is 21.8 Å². The molecular weight excluding hydrogens is 246 g/mol. The summed E-state index contributed by atoms with van der Waals surface area (Å²) < 4.78 is 8.68. The Hall–Kier alpha value is -1.54. The van der Waals surface area contributed by atoms with Crippen LogP contribution in [0.5, 0.6) is 0 Å². The Morgan fingerprint density at radius 2 is 2.35 bits per heavy atom. The molecule has 1 aromatic rings. The van der Waals surface area contributed by atoms with E-state index < -0.39 is 17.4 Å². The van der Waals surface area contributed by atoms with Gasteiger partial charge in [-0.3, -0.25) is 4.79 Å². The molecule has 0 spiro atoms. The molecule has 0 bridgehead atoms. The predicted molar refractivity (Wildman–Crippen MR) is 57.9 cm³/mol. The maximum absolute atomic E-state index is 11.9. The molecular formula is C9H11N3O4S. The molecule has 8 heteroatoms. The van der Waals surface area contributed by atoms with E-state index in [1.807, 2.05) is 0 Å². The van der Waals surface area contributed by atoms with Crippen molar-refractivity contribution in [1.29, 1.82) is 0 Å². The summed E-state index contributed by atoms with van der Waals surface area (Å²) in [7, 11) is 0. The zero-order chi connectivity index (χ0) is 12.5. The third kappa shape index (κ3) is 2.13. The highest BCUT2D eigenvalue weighted by molar-refractivity contribution is 7.08. The van der Waals surface area contributed by atoms with Crippen molar-refractivity contribution in [2.75, 3.05) is 13.2 Å². The highest BCUT2D eigenvalue weighted by Crippen LogP contribution is 2.20. The highest BCUT2D eigenvalue weighted by atomic mass is 32.1. The van der Waals surface area contributed by atoms with Crippen LogP contribution in [-0.4, -0.2) is 45.3 Å². The zero-order valence-electron chi connectivity index (χ0n) is 9.10. The first-order chi connectivity index (χ1) is 8.05. The second kappa shape index (κ2) is 4.38. The van der Waals surface area contributed by atoms with Crippen molar-refractivity contribution in [2.24, 2.45) is 0 Å². The third-order valence-corrected chi connectivity index (χ3v) is 3.47. The zero-order valence-corrected chi connectivity index (χ0v) is 9.91. The quantitative estimate of drug-likeness (QED) is 0.779. The van der Waals surface area contributed by atoms with Crippen molar-refractivity contribution in [3.63, 3.8) is 0 Å². The molecule has 0 aliphatic carbocycles. The first kappa shape index (κ1) is 11.9. The summed E-state index contributed by atoms with van der Waals surface area (Å²) in [6.07, 6.45) is 0.263. The van der Waals surface area contributed by atoms with E-state index in [2.05, 4.69) is 14.9 Å². The maximum atomic E-state index is 11.9. The Morgan fingerprint density at radius 1 is 1.59 bits per heavy atom. The van der Waals surface area contributed by atoms with Gasteiger partial charge in [0.25, 0.3) is 5.91 Å². The number of aliphatic carboxylic acids is 1. The molecule has 1 unspecified atom stereocenters. The van der Waals surface area contributed by atoms with Gasteiger partial charge in [0, 0.05) is 13.0 Å². The second-order valence-corrected chi connectivity index (χ2v) is 4.59. The number of amides is 1. The van der Waals surface area contributed by atoms with E-state index >= 15 is 0 Å². The number of nitrogens with zero attached hydrogens (tertiary/aromatic N) is 2. The Bertz CT molecular complexity index is 453. The molecule has 2 rings (SSSR count). The smallest absolute Gasteiger partial charge is 0.331 e. The Morgan fingerprint density at radius 3 is 2.82 bits per heavy atom. The number of rotatable bonds is 3. The van der Waals surface area contributed by atoms with Crippen LogP contribution in [0, 0.1) is 6.92 Å². The second-order valence-electron chi connectivity index (χ2n) is 3.83. The van der Waals surface area contributed by atoms with Gasteiger partial charge in [-0.2, -0.15) is 0 Å². The SMILES string of the molecule is Cc1nnsc1C(=O)NC1(C(=O)O)CCOC1. The van der Waals surface area contributed by atoms with E-state index in [-0.39, 0.29) is 13.0 Å². The van der Waals surface area contributed by atoms with Gasteiger partial charge in [0.15, 0.2) is 5.54 Å². The summed E-state index contributed by atoms with van der Waals surface area (Å²) in [6.45, 7) is 1.96. The van der Waals surface area contributed by atoms with Crippen molar-refractivity contribution in [2.45, 2.75) is 18.9 Å². The lowest BCUT2D eigenvalue weighted by Gasteiger charge is -2.23. The van der Waals surface area contributed by atoms with Gasteiger partial charge in [-0.1, -0.05) is 4.49 Å². The number of hydrogen-bond donors (Lipinski definition) is 2. The molecule has 1 aliphatic rings. The van der Waals surface area contributed by atoms with Crippen LogP contribution in [0.4, 0.5) is 0 Å². The summed E-state index contributed by atoms with van der Waals surface area (Å²) in [5.41, 5.74) is -0.833. The molecule has 1 aromatic heterocycles. The third-order valence-electron chi connectivity index (χ3n) is 2.64. The minimum atomic E-state index is -1.33. The fourth-order valence-electron chi connectivity index (χ4n) is 1.60. The average Bonchev–Trinajstić information content (AvgIpc) is 2.87. The van der Waals surface area contributed by atoms with Gasteiger partial charge in [0.1, 0.15) is 4.88 Å². The molecule has 92 valence electrons. The lowest BCUT2D eigenvalue weighted by atomic mass is 9.99. The summed E-state index contributed by atoms with van der Waals surface area (Å²) >= 11 is 0.945. The highest BCUT2D eigenvalue weighted by Gasteiger charge is 2.44. The van der Waals surface area contributed by atoms with E-state index in [0.717, 1.165) is 11.5 Å². The minimum Gasteiger partial charge on any atom is -0.479 e. The number of hydrogen-bond acceptors (Lipinski definition) is 6. The number of carbonyl (C=O) groups excluding carboxylic acids is 1. The van der Waals surface area contributed by atoms with Crippen LogP contribution in [-0.2, 0) is 9.53 Å². The molecule has 1 atom stereocenters. The first-order valence-electron chi connectivity index (χ1n) is 4.98. The van der Waals surface area contributed by atoms with Crippen LogP contribution in [0.2, 0.25) is 0 Å². The Balaban J connectivity index is 2.17. The van der Waals surface area contributed by atoms with Gasteiger partial charge in [-0.25, -0.2) is 4.79 Å². The van der Waals surface area contributed by atoms with Crippen LogP contribution in [0.15, 0.2) is 0 Å². The largest absolute Gasteiger partial charge is 0.479 e. The molecule has 7 nitrogen and oxygen atoms in total. The molecule has 17 heavy (non-hydrogen) atoms. The topological polar surface area (TPSA) is 101 Å². The maximum Gasteiger partial charge on any atom is 0.331 e. The number of carboxylic acid groups (broad SMARTS) is 1. The number of nitrogens with one attached hydrogen (secondary N) is 1. The standard InChI is InChI=1S/C9H11N3O4S/c1-5-6(17-12-11-5)7(13)10-9(8(14)15)2-3-16-4-9/h2-4H2,1H3,(H,10,13)(H,14,15). The minimum absolute atomic E-state index is 0.0145. The summed E-state index contributed by atoms with van der Waals surface area (Å²) in [5, 5.41) is 15.4. The molecule has 0 aromatic carbocycles. The van der Waals surface area contributed by atoms with Crippen LogP contribution >= 0.6 is 11.5 Å². The number of aromatic nitrogens is 2. The van der Waals surface area contributed by atoms with Gasteiger partial charge in [-0.15, -0.1) is 5.10 Å². The predicted octanol–water partition coefficient (Wildman–Crippen LogP) is -0.180. The van der Waals surface area contributed by atoms with Gasteiger partial charge in [0.05, 0.1) is 12.3 Å². The van der Waals surface area contributed by atoms with E-state index in [4.69, 9.17) is 9.84 Å². The molecule has 1 amide bonds. The van der Waals surface area contributed by atoms with E-state index in [9.17, 15) is 9.59 Å². The summed E-state index contributed by atoms with van der Waals surface area (Å²) in [4.78, 5) is 23.4. The first-order valence-corrected chi connectivity index (χ1v) is 5.75. The monoisotopic (exact) mass is 257 g/mol. The lowest BCUT2D eigenvalue weighted by molar-refractivity contribution is -0.144. The van der Waals surface area contributed by atoms with Gasteiger partial charge < -0.3 is 15.2 Å². The number of aryl methyl sites for hydroxylation is 1. The Kier molecular flexibility index (Phi) is 3.07. The normalized spacial score (nSPS) is 23.6. The molecule has 1 aliphatic heterocycles. The van der Waals surface area contributed by atoms with E-state index in [1.165, 1.54) is 0 Å². The van der Waals surface area contributed by atoms with Crippen molar-refractivity contribution < 1.29 is 19.4 Å². The lowest BCUT2D eigenvalue weighted by Crippen LogP contribution is -2.55.